The van der Waals surface area contributed by atoms with Crippen LogP contribution in [-0.4, -0.2) is 47.0 Å². The number of guanidine groups is 1. The molecule has 1 aromatic heterocycles. The highest BCUT2D eigenvalue weighted by atomic mass is 127. The summed E-state index contributed by atoms with van der Waals surface area (Å²) in [5.74, 6) is 2.82. The van der Waals surface area contributed by atoms with Gasteiger partial charge in [-0.3, -0.25) is 0 Å². The highest BCUT2D eigenvalue weighted by molar-refractivity contribution is 14.0. The standard InChI is InChI=1S/C26H36N6O.HI/c1-4-33-17-11-16-27-26(29-20-25-31-30-21(2)32(25)3)28-19-24(23-14-9-6-10-15-23)18-22-12-7-5-8-13-22;/h5-10,12-15,24H,4,11,16-20H2,1-3H3,(H2,27,28,29);1H. The number of rotatable bonds is 12. The lowest BCUT2D eigenvalue weighted by Crippen LogP contribution is -2.40. The average Bonchev–Trinajstić information content (AvgIpc) is 3.17. The third kappa shape index (κ3) is 9.06. The number of benzene rings is 2. The van der Waals surface area contributed by atoms with E-state index in [1.54, 1.807) is 0 Å². The van der Waals surface area contributed by atoms with Crippen molar-refractivity contribution in [1.82, 2.24) is 25.4 Å². The van der Waals surface area contributed by atoms with Gasteiger partial charge in [0.05, 0.1) is 0 Å². The zero-order valence-corrected chi connectivity index (χ0v) is 22.7. The van der Waals surface area contributed by atoms with E-state index in [0.29, 0.717) is 12.5 Å². The first kappa shape index (κ1) is 27.8. The number of aliphatic imine (C=N–C) groups is 1. The molecule has 2 N–H and O–H groups in total. The number of halogens is 1. The topological polar surface area (TPSA) is 76.4 Å². The third-order valence-corrected chi connectivity index (χ3v) is 5.64. The Balaban J connectivity index is 0.00000408. The van der Waals surface area contributed by atoms with E-state index >= 15 is 0 Å². The number of hydrogen-bond acceptors (Lipinski definition) is 4. The van der Waals surface area contributed by atoms with Crippen molar-refractivity contribution >= 4 is 29.9 Å². The van der Waals surface area contributed by atoms with Gasteiger partial charge in [0.25, 0.3) is 0 Å². The predicted molar refractivity (Wildman–Crippen MR) is 149 cm³/mol. The van der Waals surface area contributed by atoms with Crippen molar-refractivity contribution < 1.29 is 4.74 Å². The molecule has 3 rings (SSSR count). The van der Waals surface area contributed by atoms with Crippen LogP contribution < -0.4 is 10.6 Å². The van der Waals surface area contributed by atoms with E-state index in [-0.39, 0.29) is 24.0 Å². The van der Waals surface area contributed by atoms with E-state index in [2.05, 4.69) is 81.5 Å². The fourth-order valence-corrected chi connectivity index (χ4v) is 3.59. The van der Waals surface area contributed by atoms with Crippen LogP contribution >= 0.6 is 24.0 Å². The average molecular weight is 577 g/mol. The molecule has 0 saturated heterocycles. The van der Waals surface area contributed by atoms with Gasteiger partial charge in [0, 0.05) is 39.3 Å². The first-order chi connectivity index (χ1) is 16.2. The minimum absolute atomic E-state index is 0. The number of hydrogen-bond donors (Lipinski definition) is 2. The zero-order chi connectivity index (χ0) is 23.3. The first-order valence-corrected chi connectivity index (χ1v) is 11.7. The van der Waals surface area contributed by atoms with Gasteiger partial charge in [-0.1, -0.05) is 60.7 Å². The Labute approximate surface area is 220 Å². The molecule has 0 spiro atoms. The Hall–Kier alpha value is -2.46. The molecule has 0 radical (unpaired) electrons. The molecule has 184 valence electrons. The molecule has 1 unspecified atom stereocenters. The summed E-state index contributed by atoms with van der Waals surface area (Å²) in [5.41, 5.74) is 2.64. The summed E-state index contributed by atoms with van der Waals surface area (Å²) in [4.78, 5) is 4.79. The van der Waals surface area contributed by atoms with Crippen molar-refractivity contribution in [3.63, 3.8) is 0 Å². The zero-order valence-electron chi connectivity index (χ0n) is 20.4. The second kappa shape index (κ2) is 15.4. The summed E-state index contributed by atoms with van der Waals surface area (Å²) in [6.07, 6.45) is 1.88. The number of nitrogens with zero attached hydrogens (tertiary/aromatic N) is 4. The molecular formula is C26H37IN6O. The van der Waals surface area contributed by atoms with Crippen molar-refractivity contribution in [3.05, 3.63) is 83.4 Å². The summed E-state index contributed by atoms with van der Waals surface area (Å²) in [7, 11) is 1.97. The Bertz CT molecular complexity index is 977. The van der Waals surface area contributed by atoms with Crippen LogP contribution in [0, 0.1) is 6.92 Å². The minimum Gasteiger partial charge on any atom is -0.382 e. The molecule has 34 heavy (non-hydrogen) atoms. The van der Waals surface area contributed by atoms with Crippen molar-refractivity contribution in [2.75, 3.05) is 26.3 Å². The minimum atomic E-state index is 0. The van der Waals surface area contributed by atoms with Gasteiger partial charge in [0.15, 0.2) is 11.8 Å². The molecule has 7 nitrogen and oxygen atoms in total. The van der Waals surface area contributed by atoms with Gasteiger partial charge in [0.2, 0.25) is 0 Å². The maximum atomic E-state index is 5.46. The Kier molecular flexibility index (Phi) is 12.6. The Morgan fingerprint density at radius 2 is 1.74 bits per heavy atom. The molecular weight excluding hydrogens is 539 g/mol. The Morgan fingerprint density at radius 3 is 2.38 bits per heavy atom. The molecule has 1 heterocycles. The number of aryl methyl sites for hydroxylation is 1. The van der Waals surface area contributed by atoms with Gasteiger partial charge >= 0.3 is 0 Å². The highest BCUT2D eigenvalue weighted by Crippen LogP contribution is 2.20. The molecule has 1 atom stereocenters. The van der Waals surface area contributed by atoms with E-state index in [9.17, 15) is 0 Å². The molecule has 0 aliphatic heterocycles. The van der Waals surface area contributed by atoms with E-state index in [4.69, 9.17) is 9.73 Å². The summed E-state index contributed by atoms with van der Waals surface area (Å²) in [5, 5.41) is 15.4. The normalized spacial score (nSPS) is 12.1. The molecule has 0 fully saturated rings. The fourth-order valence-electron chi connectivity index (χ4n) is 3.59. The van der Waals surface area contributed by atoms with Gasteiger partial charge in [-0.25, -0.2) is 4.99 Å². The van der Waals surface area contributed by atoms with Gasteiger partial charge < -0.3 is 19.9 Å². The van der Waals surface area contributed by atoms with Gasteiger partial charge in [-0.05, 0) is 37.8 Å². The van der Waals surface area contributed by atoms with Gasteiger partial charge in [-0.15, -0.1) is 34.2 Å². The van der Waals surface area contributed by atoms with Crippen molar-refractivity contribution in [2.45, 2.75) is 39.2 Å². The lowest BCUT2D eigenvalue weighted by Gasteiger charge is -2.20. The summed E-state index contributed by atoms with van der Waals surface area (Å²) in [6.45, 7) is 7.46. The first-order valence-electron chi connectivity index (χ1n) is 11.7. The lowest BCUT2D eigenvalue weighted by atomic mass is 9.92. The largest absolute Gasteiger partial charge is 0.382 e. The van der Waals surface area contributed by atoms with E-state index in [1.165, 1.54) is 11.1 Å². The lowest BCUT2D eigenvalue weighted by molar-refractivity contribution is 0.145. The van der Waals surface area contributed by atoms with Crippen LogP contribution in [0.15, 0.2) is 65.7 Å². The van der Waals surface area contributed by atoms with Crippen molar-refractivity contribution in [1.29, 1.82) is 0 Å². The molecule has 0 saturated carbocycles. The van der Waals surface area contributed by atoms with E-state index < -0.39 is 0 Å². The van der Waals surface area contributed by atoms with Crippen LogP contribution in [0.4, 0.5) is 0 Å². The third-order valence-electron chi connectivity index (χ3n) is 5.64. The van der Waals surface area contributed by atoms with Crippen LogP contribution in [-0.2, 0) is 24.8 Å². The van der Waals surface area contributed by atoms with Crippen molar-refractivity contribution in [3.8, 4) is 0 Å². The van der Waals surface area contributed by atoms with Crippen LogP contribution in [0.5, 0.6) is 0 Å². The van der Waals surface area contributed by atoms with E-state index in [1.807, 2.05) is 25.5 Å². The van der Waals surface area contributed by atoms with E-state index in [0.717, 1.165) is 56.8 Å². The molecule has 0 aliphatic rings. The van der Waals surface area contributed by atoms with Crippen LogP contribution in [0.25, 0.3) is 0 Å². The van der Waals surface area contributed by atoms with Gasteiger partial charge in [0.1, 0.15) is 12.4 Å². The van der Waals surface area contributed by atoms with Crippen LogP contribution in [0.3, 0.4) is 0 Å². The quantitative estimate of drug-likeness (QED) is 0.146. The highest BCUT2D eigenvalue weighted by Gasteiger charge is 2.14. The van der Waals surface area contributed by atoms with Crippen LogP contribution in [0.2, 0.25) is 0 Å². The summed E-state index contributed by atoms with van der Waals surface area (Å²) >= 11 is 0. The monoisotopic (exact) mass is 576 g/mol. The second-order valence-electron chi connectivity index (χ2n) is 8.04. The molecule has 0 bridgehead atoms. The maximum Gasteiger partial charge on any atom is 0.191 e. The Morgan fingerprint density at radius 1 is 1.03 bits per heavy atom. The summed E-state index contributed by atoms with van der Waals surface area (Å²) in [6, 6.07) is 21.3. The molecule has 2 aromatic carbocycles. The summed E-state index contributed by atoms with van der Waals surface area (Å²) < 4.78 is 7.43. The molecule has 0 amide bonds. The SMILES string of the molecule is CCOCCCNC(=NCc1nnc(C)n1C)NCC(Cc1ccccc1)c1ccccc1.I. The smallest absolute Gasteiger partial charge is 0.191 e. The number of aromatic nitrogens is 3. The molecule has 3 aromatic rings. The molecule has 0 aliphatic carbocycles. The number of nitrogens with one attached hydrogen (secondary N) is 2. The van der Waals surface area contributed by atoms with Gasteiger partial charge in [-0.2, -0.15) is 0 Å². The predicted octanol–water partition coefficient (Wildman–Crippen LogP) is 4.23. The molecule has 8 heteroatoms. The number of ether oxygens (including phenoxy) is 1. The fraction of sp³-hybridized carbons (Fsp3) is 0.423. The van der Waals surface area contributed by atoms with Crippen molar-refractivity contribution in [2.24, 2.45) is 12.0 Å². The second-order valence-corrected chi connectivity index (χ2v) is 8.04. The maximum absolute atomic E-state index is 5.46. The van der Waals surface area contributed by atoms with Crippen LogP contribution in [0.1, 0.15) is 42.0 Å².